The summed E-state index contributed by atoms with van der Waals surface area (Å²) in [6.45, 7) is 5.78. The first-order valence-electron chi connectivity index (χ1n) is 10.2. The van der Waals surface area contributed by atoms with Gasteiger partial charge < -0.3 is 20.4 Å². The maximum absolute atomic E-state index is 6.04. The topological polar surface area (TPSA) is 93.0 Å². The van der Waals surface area contributed by atoms with Crippen LogP contribution in [0.25, 0.3) is 32.7 Å². The quantitative estimate of drug-likeness (QED) is 0.505. The molecule has 4 aromatic rings. The first-order chi connectivity index (χ1) is 14.6. The summed E-state index contributed by atoms with van der Waals surface area (Å²) in [5.41, 5.74) is 10.1. The Bertz CT molecular complexity index is 1180. The summed E-state index contributed by atoms with van der Waals surface area (Å²) in [5, 5.41) is 11.8. The van der Waals surface area contributed by atoms with Crippen LogP contribution >= 0.6 is 11.3 Å². The molecule has 1 aliphatic rings. The van der Waals surface area contributed by atoms with Gasteiger partial charge in [0.2, 0.25) is 11.0 Å². The monoisotopic (exact) mass is 420 g/mol. The van der Waals surface area contributed by atoms with Gasteiger partial charge in [0.15, 0.2) is 0 Å². The van der Waals surface area contributed by atoms with E-state index in [1.807, 2.05) is 38.2 Å². The lowest BCUT2D eigenvalue weighted by atomic mass is 10.1. The minimum atomic E-state index is 0.0825. The molecule has 30 heavy (non-hydrogen) atoms. The van der Waals surface area contributed by atoms with E-state index in [0.29, 0.717) is 5.88 Å². The Balaban J connectivity index is 1.49. The van der Waals surface area contributed by atoms with Crippen molar-refractivity contribution in [2.24, 2.45) is 5.73 Å². The van der Waals surface area contributed by atoms with Crippen molar-refractivity contribution in [2.45, 2.75) is 32.4 Å². The number of hydrogen-bond donors (Lipinski definition) is 2. The standard InChI is InChI=1S/C22H24N6OS/c1-13(2)29-20-5-3-4-19(25-20)17-11-24-18-7-6-14(10-16(17)18)21-26-27-22(30-21)28-9-8-15(23)12-28/h3-7,10-11,13,15,24H,8-9,12,23H2,1-2H3. The Kier molecular flexibility index (Phi) is 4.88. The van der Waals surface area contributed by atoms with Crippen molar-refractivity contribution in [2.75, 3.05) is 18.0 Å². The number of hydrogen-bond acceptors (Lipinski definition) is 7. The average molecular weight is 421 g/mol. The highest BCUT2D eigenvalue weighted by atomic mass is 32.1. The summed E-state index contributed by atoms with van der Waals surface area (Å²) in [4.78, 5) is 10.2. The molecule has 1 fully saturated rings. The summed E-state index contributed by atoms with van der Waals surface area (Å²) in [6, 6.07) is 12.4. The van der Waals surface area contributed by atoms with E-state index < -0.39 is 0 Å². The molecular weight excluding hydrogens is 396 g/mol. The maximum Gasteiger partial charge on any atom is 0.214 e. The van der Waals surface area contributed by atoms with Crippen molar-refractivity contribution in [3.63, 3.8) is 0 Å². The van der Waals surface area contributed by atoms with Crippen LogP contribution in [0.4, 0.5) is 5.13 Å². The fourth-order valence-electron chi connectivity index (χ4n) is 3.76. The minimum absolute atomic E-state index is 0.0825. The summed E-state index contributed by atoms with van der Waals surface area (Å²) in [7, 11) is 0. The molecule has 0 saturated carbocycles. The number of nitrogens with one attached hydrogen (secondary N) is 1. The number of aromatic nitrogens is 4. The van der Waals surface area contributed by atoms with Crippen molar-refractivity contribution in [3.05, 3.63) is 42.6 Å². The lowest BCUT2D eigenvalue weighted by Crippen LogP contribution is -2.26. The van der Waals surface area contributed by atoms with Gasteiger partial charge in [0.05, 0.1) is 11.8 Å². The van der Waals surface area contributed by atoms with Gasteiger partial charge in [-0.3, -0.25) is 0 Å². The number of nitrogens with zero attached hydrogens (tertiary/aromatic N) is 4. The Labute approximate surface area is 178 Å². The van der Waals surface area contributed by atoms with E-state index >= 15 is 0 Å². The Hall–Kier alpha value is -2.97. The third kappa shape index (κ3) is 3.64. The normalized spacial score (nSPS) is 16.7. The van der Waals surface area contributed by atoms with Crippen LogP contribution in [0, 0.1) is 0 Å². The summed E-state index contributed by atoms with van der Waals surface area (Å²) < 4.78 is 5.77. The molecule has 0 radical (unpaired) electrons. The van der Waals surface area contributed by atoms with E-state index in [2.05, 4.69) is 43.3 Å². The van der Waals surface area contributed by atoms with Gasteiger partial charge in [-0.2, -0.15) is 0 Å². The smallest absolute Gasteiger partial charge is 0.214 e. The second kappa shape index (κ2) is 7.70. The third-order valence-corrected chi connectivity index (χ3v) is 6.23. The van der Waals surface area contributed by atoms with Crippen LogP contribution in [0.2, 0.25) is 0 Å². The number of nitrogens with two attached hydrogens (primary N) is 1. The lowest BCUT2D eigenvalue weighted by Gasteiger charge is -2.12. The van der Waals surface area contributed by atoms with E-state index in [1.54, 1.807) is 11.3 Å². The molecule has 5 rings (SSSR count). The summed E-state index contributed by atoms with van der Waals surface area (Å²) in [6.07, 6.45) is 3.08. The maximum atomic E-state index is 6.04. The fraction of sp³-hybridized carbons (Fsp3) is 0.318. The van der Waals surface area contributed by atoms with Crippen LogP contribution in [0.15, 0.2) is 42.6 Å². The molecule has 3 N–H and O–H groups in total. The van der Waals surface area contributed by atoms with Gasteiger partial charge in [0, 0.05) is 53.4 Å². The fourth-order valence-corrected chi connectivity index (χ4v) is 4.63. The van der Waals surface area contributed by atoms with Crippen LogP contribution < -0.4 is 15.4 Å². The van der Waals surface area contributed by atoms with Crippen molar-refractivity contribution >= 4 is 27.4 Å². The number of pyridine rings is 1. The zero-order valence-electron chi connectivity index (χ0n) is 17.0. The molecule has 0 aliphatic carbocycles. The van der Waals surface area contributed by atoms with Crippen molar-refractivity contribution < 1.29 is 4.74 Å². The molecule has 0 bridgehead atoms. The lowest BCUT2D eigenvalue weighted by molar-refractivity contribution is 0.233. The molecule has 1 saturated heterocycles. The molecule has 4 heterocycles. The van der Waals surface area contributed by atoms with Gasteiger partial charge in [-0.1, -0.05) is 17.4 Å². The Morgan fingerprint density at radius 3 is 2.93 bits per heavy atom. The van der Waals surface area contributed by atoms with Crippen LogP contribution in [0.5, 0.6) is 5.88 Å². The average Bonchev–Trinajstić information content (AvgIpc) is 3.46. The van der Waals surface area contributed by atoms with Crippen LogP contribution in [-0.2, 0) is 0 Å². The molecule has 1 unspecified atom stereocenters. The highest BCUT2D eigenvalue weighted by Crippen LogP contribution is 2.35. The Morgan fingerprint density at radius 2 is 2.13 bits per heavy atom. The molecule has 0 amide bonds. The molecule has 154 valence electrons. The molecule has 1 aliphatic heterocycles. The highest BCUT2D eigenvalue weighted by Gasteiger charge is 2.22. The largest absolute Gasteiger partial charge is 0.475 e. The summed E-state index contributed by atoms with van der Waals surface area (Å²) >= 11 is 1.61. The highest BCUT2D eigenvalue weighted by molar-refractivity contribution is 7.18. The molecule has 3 aromatic heterocycles. The van der Waals surface area contributed by atoms with Gasteiger partial charge in [-0.15, -0.1) is 10.2 Å². The van der Waals surface area contributed by atoms with Crippen LogP contribution in [0.3, 0.4) is 0 Å². The van der Waals surface area contributed by atoms with Gasteiger partial charge in [0.25, 0.3) is 0 Å². The van der Waals surface area contributed by atoms with Gasteiger partial charge in [-0.25, -0.2) is 4.98 Å². The van der Waals surface area contributed by atoms with Crippen LogP contribution in [0.1, 0.15) is 20.3 Å². The molecule has 8 heteroatoms. The third-order valence-electron chi connectivity index (χ3n) is 5.19. The number of aromatic amines is 1. The van der Waals surface area contributed by atoms with E-state index in [1.165, 1.54) is 0 Å². The molecule has 1 aromatic carbocycles. The second-order valence-corrected chi connectivity index (χ2v) is 8.83. The molecule has 7 nitrogen and oxygen atoms in total. The van der Waals surface area contributed by atoms with Crippen LogP contribution in [-0.4, -0.2) is 45.4 Å². The molecule has 0 spiro atoms. The number of anilines is 1. The minimum Gasteiger partial charge on any atom is -0.475 e. The Morgan fingerprint density at radius 1 is 1.23 bits per heavy atom. The zero-order valence-corrected chi connectivity index (χ0v) is 17.8. The molecule has 1 atom stereocenters. The summed E-state index contributed by atoms with van der Waals surface area (Å²) in [5.74, 6) is 0.630. The van der Waals surface area contributed by atoms with Crippen molar-refractivity contribution in [1.29, 1.82) is 0 Å². The van der Waals surface area contributed by atoms with E-state index in [9.17, 15) is 0 Å². The number of benzene rings is 1. The predicted octanol–water partition coefficient (Wildman–Crippen LogP) is 4.07. The van der Waals surface area contributed by atoms with Gasteiger partial charge in [-0.05, 0) is 44.5 Å². The number of H-pyrrole nitrogens is 1. The van der Waals surface area contributed by atoms with Crippen molar-refractivity contribution in [3.8, 4) is 27.7 Å². The van der Waals surface area contributed by atoms with Gasteiger partial charge >= 0.3 is 0 Å². The number of rotatable bonds is 5. The zero-order chi connectivity index (χ0) is 20.7. The van der Waals surface area contributed by atoms with E-state index in [0.717, 1.165) is 57.4 Å². The number of ether oxygens (including phenoxy) is 1. The predicted molar refractivity (Wildman–Crippen MR) is 121 cm³/mol. The first-order valence-corrected chi connectivity index (χ1v) is 11.0. The van der Waals surface area contributed by atoms with E-state index in [4.69, 9.17) is 10.5 Å². The van der Waals surface area contributed by atoms with Gasteiger partial charge in [0.1, 0.15) is 5.01 Å². The SMILES string of the molecule is CC(C)Oc1cccc(-c2c[nH]c3ccc(-c4nnc(N5CCC(N)C5)s4)cc23)n1. The molecular formula is C22H24N6OS. The first kappa shape index (κ1) is 19.0. The van der Waals surface area contributed by atoms with E-state index in [-0.39, 0.29) is 12.1 Å². The number of fused-ring (bicyclic) bond motifs is 1. The van der Waals surface area contributed by atoms with Crippen molar-refractivity contribution in [1.82, 2.24) is 20.2 Å². The second-order valence-electron chi connectivity index (χ2n) is 7.87.